The summed E-state index contributed by atoms with van der Waals surface area (Å²) in [6.07, 6.45) is 1.00. The van der Waals surface area contributed by atoms with Gasteiger partial charge in [-0.2, -0.15) is 0 Å². The van der Waals surface area contributed by atoms with E-state index >= 15 is 0 Å². The lowest BCUT2D eigenvalue weighted by molar-refractivity contribution is -0.0326. The summed E-state index contributed by atoms with van der Waals surface area (Å²) < 4.78 is 5.61. The second-order valence-corrected chi connectivity index (χ2v) is 4.07. The van der Waals surface area contributed by atoms with E-state index in [1.165, 1.54) is 5.56 Å². The van der Waals surface area contributed by atoms with E-state index in [1.54, 1.807) is 0 Å². The molecule has 1 aliphatic heterocycles. The van der Waals surface area contributed by atoms with E-state index in [4.69, 9.17) is 4.74 Å². The van der Waals surface area contributed by atoms with Crippen molar-refractivity contribution in [3.8, 4) is 0 Å². The number of hydrogen-bond donors (Lipinski definition) is 1. The van der Waals surface area contributed by atoms with Crippen LogP contribution in [0.1, 0.15) is 24.8 Å². The topological polar surface area (TPSA) is 29.5 Å². The summed E-state index contributed by atoms with van der Waals surface area (Å²) in [5, 5.41) is 9.33. The molecule has 1 saturated heterocycles. The number of hydrogen-bond acceptors (Lipinski definition) is 2. The van der Waals surface area contributed by atoms with Gasteiger partial charge in [0, 0.05) is 12.5 Å². The van der Waals surface area contributed by atoms with Crippen molar-refractivity contribution < 1.29 is 9.84 Å². The average Bonchev–Trinajstić information content (AvgIpc) is 2.63. The second kappa shape index (κ2) is 3.71. The highest BCUT2D eigenvalue weighted by atomic mass is 16.5. The van der Waals surface area contributed by atoms with Crippen molar-refractivity contribution in [2.24, 2.45) is 0 Å². The van der Waals surface area contributed by atoms with Crippen LogP contribution in [0, 0.1) is 0 Å². The van der Waals surface area contributed by atoms with Gasteiger partial charge in [-0.3, -0.25) is 0 Å². The lowest BCUT2D eigenvalue weighted by atomic mass is 9.84. The monoisotopic (exact) mass is 192 g/mol. The molecule has 2 heteroatoms. The van der Waals surface area contributed by atoms with Crippen LogP contribution in [0.3, 0.4) is 0 Å². The lowest BCUT2D eigenvalue weighted by Crippen LogP contribution is -2.34. The van der Waals surface area contributed by atoms with Gasteiger partial charge in [0.1, 0.15) is 0 Å². The van der Waals surface area contributed by atoms with Gasteiger partial charge in [-0.1, -0.05) is 30.3 Å². The Morgan fingerprint density at radius 2 is 2.14 bits per heavy atom. The first-order valence-corrected chi connectivity index (χ1v) is 5.06. The molecule has 1 heterocycles. The van der Waals surface area contributed by atoms with Gasteiger partial charge in [0.25, 0.3) is 0 Å². The molecule has 2 nitrogen and oxygen atoms in total. The van der Waals surface area contributed by atoms with Crippen LogP contribution in [0.15, 0.2) is 30.3 Å². The van der Waals surface area contributed by atoms with Crippen molar-refractivity contribution in [2.75, 3.05) is 13.2 Å². The summed E-state index contributed by atoms with van der Waals surface area (Å²) in [5.74, 6) is 0.327. The van der Waals surface area contributed by atoms with Crippen molar-refractivity contribution >= 4 is 0 Å². The zero-order valence-corrected chi connectivity index (χ0v) is 8.44. The second-order valence-electron chi connectivity index (χ2n) is 4.07. The minimum Gasteiger partial charge on any atom is -0.393 e. The maximum absolute atomic E-state index is 9.33. The van der Waals surface area contributed by atoms with E-state index in [9.17, 15) is 5.11 Å². The van der Waals surface area contributed by atoms with Crippen molar-refractivity contribution in [3.63, 3.8) is 0 Å². The van der Waals surface area contributed by atoms with E-state index in [0.29, 0.717) is 5.92 Å². The maximum Gasteiger partial charge on any atom is 0.0952 e. The molecule has 0 saturated carbocycles. The predicted molar refractivity (Wildman–Crippen MR) is 55.2 cm³/mol. The largest absolute Gasteiger partial charge is 0.393 e. The Balaban J connectivity index is 2.26. The minimum atomic E-state index is -0.388. The van der Waals surface area contributed by atoms with Crippen LogP contribution >= 0.6 is 0 Å². The summed E-state index contributed by atoms with van der Waals surface area (Å²) in [4.78, 5) is 0. The molecule has 0 aromatic heterocycles. The van der Waals surface area contributed by atoms with Gasteiger partial charge in [-0.05, 0) is 18.9 Å². The first-order valence-electron chi connectivity index (χ1n) is 5.06. The number of aliphatic hydroxyl groups is 1. The fourth-order valence-electron chi connectivity index (χ4n) is 2.18. The standard InChI is InChI=1S/C12H16O2/c1-12(9-13)11(7-8-14-12)10-5-3-2-4-6-10/h2-6,11,13H,7-9H2,1H3. The Morgan fingerprint density at radius 3 is 2.79 bits per heavy atom. The lowest BCUT2D eigenvalue weighted by Gasteiger charge is -2.28. The third kappa shape index (κ3) is 1.56. The summed E-state index contributed by atoms with van der Waals surface area (Å²) in [5.41, 5.74) is 0.878. The van der Waals surface area contributed by atoms with Gasteiger partial charge < -0.3 is 9.84 Å². The zero-order chi connectivity index (χ0) is 10.0. The number of rotatable bonds is 2. The molecule has 1 aromatic carbocycles. The van der Waals surface area contributed by atoms with Crippen molar-refractivity contribution in [3.05, 3.63) is 35.9 Å². The van der Waals surface area contributed by atoms with Gasteiger partial charge in [0.05, 0.1) is 12.2 Å². The molecule has 1 aliphatic rings. The SMILES string of the molecule is CC1(CO)OCCC1c1ccccc1. The van der Waals surface area contributed by atoms with Gasteiger partial charge in [-0.15, -0.1) is 0 Å². The first-order chi connectivity index (χ1) is 6.76. The van der Waals surface area contributed by atoms with Crippen LogP contribution in [0.2, 0.25) is 0 Å². The highest BCUT2D eigenvalue weighted by Gasteiger charge is 2.40. The third-order valence-electron chi connectivity index (χ3n) is 3.09. The fraction of sp³-hybridized carbons (Fsp3) is 0.500. The van der Waals surface area contributed by atoms with Gasteiger partial charge >= 0.3 is 0 Å². The van der Waals surface area contributed by atoms with Crippen LogP contribution in [0.4, 0.5) is 0 Å². The molecule has 1 aromatic rings. The molecule has 14 heavy (non-hydrogen) atoms. The molecule has 0 aliphatic carbocycles. The number of ether oxygens (including phenoxy) is 1. The zero-order valence-electron chi connectivity index (χ0n) is 8.44. The molecule has 76 valence electrons. The molecule has 1 fully saturated rings. The Hall–Kier alpha value is -0.860. The Labute approximate surface area is 84.5 Å². The van der Waals surface area contributed by atoms with Gasteiger partial charge in [-0.25, -0.2) is 0 Å². The van der Waals surface area contributed by atoms with Crippen molar-refractivity contribution in [1.29, 1.82) is 0 Å². The molecular formula is C12H16O2. The number of benzene rings is 1. The molecular weight excluding hydrogens is 176 g/mol. The highest BCUT2D eigenvalue weighted by molar-refractivity contribution is 5.24. The van der Waals surface area contributed by atoms with E-state index in [2.05, 4.69) is 12.1 Å². The van der Waals surface area contributed by atoms with E-state index < -0.39 is 0 Å². The molecule has 0 radical (unpaired) electrons. The Kier molecular flexibility index (Phi) is 2.57. The van der Waals surface area contributed by atoms with E-state index in [0.717, 1.165) is 13.0 Å². The summed E-state index contributed by atoms with van der Waals surface area (Å²) in [6.45, 7) is 2.82. The molecule has 0 bridgehead atoms. The molecule has 0 amide bonds. The fourth-order valence-corrected chi connectivity index (χ4v) is 2.18. The average molecular weight is 192 g/mol. The van der Waals surface area contributed by atoms with E-state index in [-0.39, 0.29) is 12.2 Å². The normalized spacial score (nSPS) is 32.0. The quantitative estimate of drug-likeness (QED) is 0.776. The van der Waals surface area contributed by atoms with Crippen LogP contribution in [0.25, 0.3) is 0 Å². The smallest absolute Gasteiger partial charge is 0.0952 e. The van der Waals surface area contributed by atoms with Crippen LogP contribution in [0.5, 0.6) is 0 Å². The molecule has 2 atom stereocenters. The molecule has 1 N–H and O–H groups in total. The van der Waals surface area contributed by atoms with E-state index in [1.807, 2.05) is 25.1 Å². The number of aliphatic hydroxyl groups excluding tert-OH is 1. The maximum atomic E-state index is 9.33. The van der Waals surface area contributed by atoms with Gasteiger partial charge in [0.15, 0.2) is 0 Å². The summed E-state index contributed by atoms with van der Waals surface area (Å²) >= 11 is 0. The Morgan fingerprint density at radius 1 is 1.43 bits per heavy atom. The summed E-state index contributed by atoms with van der Waals surface area (Å²) in [7, 11) is 0. The third-order valence-corrected chi connectivity index (χ3v) is 3.09. The molecule has 0 spiro atoms. The van der Waals surface area contributed by atoms with Crippen molar-refractivity contribution in [1.82, 2.24) is 0 Å². The van der Waals surface area contributed by atoms with Crippen molar-refractivity contribution in [2.45, 2.75) is 24.9 Å². The van der Waals surface area contributed by atoms with Crippen LogP contribution in [-0.2, 0) is 4.74 Å². The van der Waals surface area contributed by atoms with Crippen LogP contribution < -0.4 is 0 Å². The Bertz CT molecular complexity index is 296. The first kappa shape index (κ1) is 9.69. The summed E-state index contributed by atoms with van der Waals surface area (Å²) in [6, 6.07) is 10.3. The molecule has 2 unspecified atom stereocenters. The predicted octanol–water partition coefficient (Wildman–Crippen LogP) is 1.94. The highest BCUT2D eigenvalue weighted by Crippen LogP contribution is 2.39. The van der Waals surface area contributed by atoms with Crippen LogP contribution in [-0.4, -0.2) is 23.9 Å². The minimum absolute atomic E-state index is 0.0898. The molecule has 2 rings (SSSR count). The van der Waals surface area contributed by atoms with Gasteiger partial charge in [0.2, 0.25) is 0 Å².